The van der Waals surface area contributed by atoms with E-state index < -0.39 is 0 Å². The van der Waals surface area contributed by atoms with Crippen LogP contribution in [0.4, 0.5) is 5.69 Å². The van der Waals surface area contributed by atoms with E-state index in [1.807, 2.05) is 4.90 Å². The zero-order valence-corrected chi connectivity index (χ0v) is 12.5. The molecule has 1 amide bonds. The van der Waals surface area contributed by atoms with Crippen LogP contribution in [0.3, 0.4) is 0 Å². The molecule has 4 heteroatoms. The van der Waals surface area contributed by atoms with E-state index in [1.54, 1.807) is 0 Å². The number of nitrogens with zero attached hydrogens (tertiary/aromatic N) is 1. The van der Waals surface area contributed by atoms with Gasteiger partial charge in [-0.25, -0.2) is 0 Å². The molecule has 4 nitrogen and oxygen atoms in total. The van der Waals surface area contributed by atoms with Gasteiger partial charge in [0.05, 0.1) is 0 Å². The Balaban J connectivity index is 1.53. The van der Waals surface area contributed by atoms with Crippen molar-refractivity contribution in [1.82, 2.24) is 5.32 Å². The molecule has 0 radical (unpaired) electrons. The second-order valence-corrected chi connectivity index (χ2v) is 5.94. The molecule has 0 aromatic heterocycles. The molecule has 0 bridgehead atoms. The molecule has 1 atom stereocenters. The van der Waals surface area contributed by atoms with E-state index in [9.17, 15) is 4.79 Å². The zero-order chi connectivity index (χ0) is 14.5. The van der Waals surface area contributed by atoms with Gasteiger partial charge < -0.3 is 15.0 Å². The zero-order valence-electron chi connectivity index (χ0n) is 12.5. The second-order valence-electron chi connectivity index (χ2n) is 5.94. The minimum absolute atomic E-state index is 0.249. The standard InChI is InChI=1S/C17H24N2O2/c20-17-4-1-10-19(17)16-7-5-14(6-8-16)13-18-15-3-2-11-21-12-9-15/h5-8,15,18H,1-4,9-13H2. The smallest absolute Gasteiger partial charge is 0.227 e. The summed E-state index contributed by atoms with van der Waals surface area (Å²) in [5.41, 5.74) is 2.31. The van der Waals surface area contributed by atoms with Gasteiger partial charge in [0, 0.05) is 44.5 Å². The summed E-state index contributed by atoms with van der Waals surface area (Å²) in [6, 6.07) is 8.95. The Hall–Kier alpha value is -1.39. The Bertz CT molecular complexity index is 464. The monoisotopic (exact) mass is 288 g/mol. The number of amides is 1. The minimum Gasteiger partial charge on any atom is -0.381 e. The Morgan fingerprint density at radius 3 is 2.76 bits per heavy atom. The van der Waals surface area contributed by atoms with Gasteiger partial charge in [-0.2, -0.15) is 0 Å². The number of anilines is 1. The normalized spacial score (nSPS) is 23.3. The highest BCUT2D eigenvalue weighted by molar-refractivity contribution is 5.95. The number of rotatable bonds is 4. The van der Waals surface area contributed by atoms with Crippen LogP contribution in [0, 0.1) is 0 Å². The summed E-state index contributed by atoms with van der Waals surface area (Å²) in [7, 11) is 0. The van der Waals surface area contributed by atoms with Gasteiger partial charge in [0.1, 0.15) is 0 Å². The molecule has 2 aliphatic heterocycles. The fourth-order valence-corrected chi connectivity index (χ4v) is 3.08. The lowest BCUT2D eigenvalue weighted by atomic mass is 10.1. The van der Waals surface area contributed by atoms with Gasteiger partial charge in [0.15, 0.2) is 0 Å². The minimum atomic E-state index is 0.249. The van der Waals surface area contributed by atoms with Crippen molar-refractivity contribution in [1.29, 1.82) is 0 Å². The number of carbonyl (C=O) groups is 1. The van der Waals surface area contributed by atoms with Crippen molar-refractivity contribution in [2.24, 2.45) is 0 Å². The van der Waals surface area contributed by atoms with Gasteiger partial charge in [0.25, 0.3) is 0 Å². The molecule has 3 rings (SSSR count). The van der Waals surface area contributed by atoms with Crippen molar-refractivity contribution < 1.29 is 9.53 Å². The van der Waals surface area contributed by atoms with Crippen LogP contribution in [0.15, 0.2) is 24.3 Å². The summed E-state index contributed by atoms with van der Waals surface area (Å²) >= 11 is 0. The van der Waals surface area contributed by atoms with Crippen LogP contribution < -0.4 is 10.2 Å². The third-order valence-corrected chi connectivity index (χ3v) is 4.37. The van der Waals surface area contributed by atoms with Crippen molar-refractivity contribution in [2.45, 2.75) is 44.7 Å². The van der Waals surface area contributed by atoms with E-state index >= 15 is 0 Å². The first kappa shape index (κ1) is 14.5. The van der Waals surface area contributed by atoms with Crippen LogP contribution >= 0.6 is 0 Å². The fourth-order valence-electron chi connectivity index (χ4n) is 3.08. The summed E-state index contributed by atoms with van der Waals surface area (Å²) in [5, 5.41) is 3.62. The van der Waals surface area contributed by atoms with Gasteiger partial charge in [-0.05, 0) is 43.4 Å². The van der Waals surface area contributed by atoms with Gasteiger partial charge in [-0.1, -0.05) is 12.1 Å². The number of benzene rings is 1. The first-order chi connectivity index (χ1) is 10.3. The van der Waals surface area contributed by atoms with E-state index in [1.165, 1.54) is 12.0 Å². The maximum Gasteiger partial charge on any atom is 0.227 e. The van der Waals surface area contributed by atoms with E-state index in [4.69, 9.17) is 4.74 Å². The lowest BCUT2D eigenvalue weighted by Gasteiger charge is -2.18. The number of ether oxygens (including phenoxy) is 1. The fraction of sp³-hybridized carbons (Fsp3) is 0.588. The molecule has 2 saturated heterocycles. The summed E-state index contributed by atoms with van der Waals surface area (Å²) in [4.78, 5) is 13.6. The van der Waals surface area contributed by atoms with Gasteiger partial charge in [-0.15, -0.1) is 0 Å². The van der Waals surface area contributed by atoms with Gasteiger partial charge in [-0.3, -0.25) is 4.79 Å². The van der Waals surface area contributed by atoms with Crippen LogP contribution in [0.25, 0.3) is 0 Å². The summed E-state index contributed by atoms with van der Waals surface area (Å²) < 4.78 is 5.48. The Morgan fingerprint density at radius 1 is 1.14 bits per heavy atom. The van der Waals surface area contributed by atoms with E-state index in [0.717, 1.165) is 51.3 Å². The van der Waals surface area contributed by atoms with Crippen LogP contribution in [0.2, 0.25) is 0 Å². The van der Waals surface area contributed by atoms with Crippen molar-refractivity contribution >= 4 is 11.6 Å². The molecule has 2 fully saturated rings. The predicted molar refractivity (Wildman–Crippen MR) is 83.3 cm³/mol. The highest BCUT2D eigenvalue weighted by Crippen LogP contribution is 2.21. The maximum absolute atomic E-state index is 11.7. The molecule has 2 aliphatic rings. The van der Waals surface area contributed by atoms with E-state index in [0.29, 0.717) is 12.5 Å². The maximum atomic E-state index is 11.7. The third kappa shape index (κ3) is 3.83. The van der Waals surface area contributed by atoms with Crippen molar-refractivity contribution in [3.63, 3.8) is 0 Å². The lowest BCUT2D eigenvalue weighted by molar-refractivity contribution is -0.117. The largest absolute Gasteiger partial charge is 0.381 e. The molecule has 1 N–H and O–H groups in total. The molecular formula is C17H24N2O2. The Kier molecular flexibility index (Phi) is 4.88. The molecule has 1 aromatic rings. The van der Waals surface area contributed by atoms with Crippen LogP contribution in [0.5, 0.6) is 0 Å². The number of hydrogen-bond acceptors (Lipinski definition) is 3. The second kappa shape index (κ2) is 7.05. The number of hydrogen-bond donors (Lipinski definition) is 1. The Morgan fingerprint density at radius 2 is 2.00 bits per heavy atom. The summed E-state index contributed by atoms with van der Waals surface area (Å²) in [5.74, 6) is 0.249. The summed E-state index contributed by atoms with van der Waals surface area (Å²) in [6.07, 6.45) is 5.10. The molecule has 114 valence electrons. The van der Waals surface area contributed by atoms with Crippen LogP contribution in [0.1, 0.15) is 37.7 Å². The summed E-state index contributed by atoms with van der Waals surface area (Å²) in [6.45, 7) is 3.52. The highest BCUT2D eigenvalue weighted by Gasteiger charge is 2.21. The first-order valence-electron chi connectivity index (χ1n) is 8.03. The topological polar surface area (TPSA) is 41.6 Å². The predicted octanol–water partition coefficient (Wildman–Crippen LogP) is 2.47. The molecular weight excluding hydrogens is 264 g/mol. The van der Waals surface area contributed by atoms with Gasteiger partial charge >= 0.3 is 0 Å². The van der Waals surface area contributed by atoms with Gasteiger partial charge in [0.2, 0.25) is 5.91 Å². The molecule has 2 heterocycles. The number of carbonyl (C=O) groups excluding carboxylic acids is 1. The average Bonchev–Trinajstić information content (AvgIpc) is 2.78. The number of nitrogens with one attached hydrogen (secondary N) is 1. The molecule has 21 heavy (non-hydrogen) atoms. The highest BCUT2D eigenvalue weighted by atomic mass is 16.5. The van der Waals surface area contributed by atoms with Crippen molar-refractivity contribution in [3.05, 3.63) is 29.8 Å². The molecule has 1 aromatic carbocycles. The van der Waals surface area contributed by atoms with Crippen molar-refractivity contribution in [3.8, 4) is 0 Å². The Labute approximate surface area is 126 Å². The molecule has 0 saturated carbocycles. The van der Waals surface area contributed by atoms with E-state index in [2.05, 4.69) is 29.6 Å². The third-order valence-electron chi connectivity index (χ3n) is 4.37. The quantitative estimate of drug-likeness (QED) is 0.925. The van der Waals surface area contributed by atoms with Crippen LogP contribution in [-0.4, -0.2) is 31.7 Å². The molecule has 1 unspecified atom stereocenters. The van der Waals surface area contributed by atoms with E-state index in [-0.39, 0.29) is 5.91 Å². The lowest BCUT2D eigenvalue weighted by Crippen LogP contribution is -2.28. The SMILES string of the molecule is O=C1CCCN1c1ccc(CNC2CCCOCC2)cc1. The molecule has 0 aliphatic carbocycles. The van der Waals surface area contributed by atoms with Crippen molar-refractivity contribution in [2.75, 3.05) is 24.7 Å². The average molecular weight is 288 g/mol. The first-order valence-corrected chi connectivity index (χ1v) is 8.03. The van der Waals surface area contributed by atoms with Crippen LogP contribution in [-0.2, 0) is 16.1 Å². The molecule has 0 spiro atoms.